The Balaban J connectivity index is 2.08. The molecule has 1 unspecified atom stereocenters. The van der Waals surface area contributed by atoms with E-state index in [9.17, 15) is 0 Å². The first-order chi connectivity index (χ1) is 7.79. The summed E-state index contributed by atoms with van der Waals surface area (Å²) in [5.74, 6) is 0.896. The molecular formula is C12H15N3S. The van der Waals surface area contributed by atoms with Gasteiger partial charge >= 0.3 is 0 Å². The lowest BCUT2D eigenvalue weighted by Gasteiger charge is -2.12. The van der Waals surface area contributed by atoms with Crippen LogP contribution in [0.3, 0.4) is 0 Å². The Labute approximate surface area is 99.6 Å². The third-order valence-corrected chi connectivity index (χ3v) is 3.48. The minimum absolute atomic E-state index is 0.291. The molecule has 0 amide bonds. The zero-order valence-electron chi connectivity index (χ0n) is 9.47. The van der Waals surface area contributed by atoms with Crippen molar-refractivity contribution >= 4 is 17.2 Å². The van der Waals surface area contributed by atoms with Gasteiger partial charge in [-0.25, -0.2) is 9.97 Å². The second-order valence-corrected chi connectivity index (χ2v) is 4.61. The summed E-state index contributed by atoms with van der Waals surface area (Å²) in [5.41, 5.74) is 1.07. The summed E-state index contributed by atoms with van der Waals surface area (Å²) in [6.07, 6.45) is 2.55. The molecule has 3 nitrogen and oxygen atoms in total. The fourth-order valence-corrected chi connectivity index (χ4v) is 2.23. The first-order valence-corrected chi connectivity index (χ1v) is 6.28. The van der Waals surface area contributed by atoms with Gasteiger partial charge in [-0.2, -0.15) is 0 Å². The molecule has 16 heavy (non-hydrogen) atoms. The van der Waals surface area contributed by atoms with Gasteiger partial charge in [-0.1, -0.05) is 13.0 Å². The molecule has 84 valence electrons. The Bertz CT molecular complexity index is 439. The monoisotopic (exact) mass is 233 g/mol. The van der Waals surface area contributed by atoms with Gasteiger partial charge in [0.15, 0.2) is 0 Å². The van der Waals surface area contributed by atoms with E-state index in [2.05, 4.69) is 46.6 Å². The second kappa shape index (κ2) is 5.07. The fraction of sp³-hybridized carbons (Fsp3) is 0.333. The van der Waals surface area contributed by atoms with Gasteiger partial charge < -0.3 is 5.32 Å². The lowest BCUT2D eigenvalue weighted by Crippen LogP contribution is -2.07. The van der Waals surface area contributed by atoms with Crippen LogP contribution in [0.5, 0.6) is 0 Å². The van der Waals surface area contributed by atoms with Crippen molar-refractivity contribution in [1.82, 2.24) is 9.97 Å². The van der Waals surface area contributed by atoms with Gasteiger partial charge in [-0.05, 0) is 24.8 Å². The summed E-state index contributed by atoms with van der Waals surface area (Å²) in [4.78, 5) is 9.72. The molecule has 4 heteroatoms. The van der Waals surface area contributed by atoms with Crippen LogP contribution in [-0.2, 0) is 6.42 Å². The van der Waals surface area contributed by atoms with Crippen LogP contribution in [-0.4, -0.2) is 9.97 Å². The molecule has 0 saturated heterocycles. The number of rotatable bonds is 4. The van der Waals surface area contributed by atoms with E-state index in [-0.39, 0.29) is 0 Å². The van der Waals surface area contributed by atoms with E-state index in [1.54, 1.807) is 17.7 Å². The molecule has 0 spiro atoms. The molecule has 0 saturated carbocycles. The summed E-state index contributed by atoms with van der Waals surface area (Å²) in [5, 5.41) is 5.47. The van der Waals surface area contributed by atoms with Gasteiger partial charge in [-0.15, -0.1) is 11.3 Å². The highest BCUT2D eigenvalue weighted by Crippen LogP contribution is 2.21. The molecule has 0 radical (unpaired) electrons. The maximum absolute atomic E-state index is 4.22. The predicted octanol–water partition coefficient (Wildman–Crippen LogP) is 3.27. The predicted molar refractivity (Wildman–Crippen MR) is 67.8 cm³/mol. The van der Waals surface area contributed by atoms with Crippen molar-refractivity contribution < 1.29 is 0 Å². The van der Waals surface area contributed by atoms with Crippen LogP contribution in [0.15, 0.2) is 29.9 Å². The number of nitrogens with one attached hydrogen (secondary N) is 1. The summed E-state index contributed by atoms with van der Waals surface area (Å²) in [7, 11) is 0. The molecule has 0 aromatic carbocycles. The maximum atomic E-state index is 4.22. The van der Waals surface area contributed by atoms with E-state index in [4.69, 9.17) is 0 Å². The number of anilines is 1. The van der Waals surface area contributed by atoms with Crippen molar-refractivity contribution in [3.8, 4) is 0 Å². The minimum Gasteiger partial charge on any atom is -0.363 e. The number of hydrogen-bond acceptors (Lipinski definition) is 4. The summed E-state index contributed by atoms with van der Waals surface area (Å²) < 4.78 is 0. The van der Waals surface area contributed by atoms with E-state index < -0.39 is 0 Å². The molecule has 0 aliphatic rings. The van der Waals surface area contributed by atoms with Crippen molar-refractivity contribution in [2.24, 2.45) is 0 Å². The molecular weight excluding hydrogens is 218 g/mol. The van der Waals surface area contributed by atoms with Gasteiger partial charge in [0, 0.05) is 16.6 Å². The molecule has 2 aromatic rings. The van der Waals surface area contributed by atoms with Crippen LogP contribution < -0.4 is 5.32 Å². The standard InChI is InChI=1S/C12H15N3S/c1-3-10-7-12(14-8-13-10)15-9(2)11-5-4-6-16-11/h4-9H,3H2,1-2H3,(H,13,14,15). The number of nitrogens with zero attached hydrogens (tertiary/aromatic N) is 2. The third kappa shape index (κ3) is 2.58. The van der Waals surface area contributed by atoms with E-state index in [1.165, 1.54) is 4.88 Å². The second-order valence-electron chi connectivity index (χ2n) is 3.63. The maximum Gasteiger partial charge on any atom is 0.130 e. The summed E-state index contributed by atoms with van der Waals surface area (Å²) in [6.45, 7) is 4.23. The van der Waals surface area contributed by atoms with E-state index in [1.807, 2.05) is 6.07 Å². The molecule has 0 aliphatic carbocycles. The lowest BCUT2D eigenvalue weighted by molar-refractivity contribution is 0.886. The molecule has 0 fully saturated rings. The fourth-order valence-electron chi connectivity index (χ4n) is 1.50. The van der Waals surface area contributed by atoms with Gasteiger partial charge in [-0.3, -0.25) is 0 Å². The van der Waals surface area contributed by atoms with Crippen LogP contribution in [0.25, 0.3) is 0 Å². The van der Waals surface area contributed by atoms with E-state index in [0.717, 1.165) is 17.9 Å². The highest BCUT2D eigenvalue weighted by atomic mass is 32.1. The van der Waals surface area contributed by atoms with E-state index in [0.29, 0.717) is 6.04 Å². The Hall–Kier alpha value is -1.42. The smallest absolute Gasteiger partial charge is 0.130 e. The Morgan fingerprint density at radius 3 is 3.00 bits per heavy atom. The third-order valence-electron chi connectivity index (χ3n) is 2.42. The zero-order valence-corrected chi connectivity index (χ0v) is 10.3. The van der Waals surface area contributed by atoms with Crippen molar-refractivity contribution in [3.63, 3.8) is 0 Å². The number of hydrogen-bond donors (Lipinski definition) is 1. The largest absolute Gasteiger partial charge is 0.363 e. The zero-order chi connectivity index (χ0) is 11.4. The van der Waals surface area contributed by atoms with Crippen molar-refractivity contribution in [1.29, 1.82) is 0 Å². The topological polar surface area (TPSA) is 37.8 Å². The molecule has 2 heterocycles. The highest BCUT2D eigenvalue weighted by Gasteiger charge is 2.06. The molecule has 1 N–H and O–H groups in total. The number of aromatic nitrogens is 2. The van der Waals surface area contributed by atoms with Crippen molar-refractivity contribution in [2.75, 3.05) is 5.32 Å². The quantitative estimate of drug-likeness (QED) is 0.880. The van der Waals surface area contributed by atoms with Crippen LogP contribution in [0.1, 0.15) is 30.5 Å². The summed E-state index contributed by atoms with van der Waals surface area (Å²) in [6, 6.07) is 6.49. The molecule has 2 rings (SSSR count). The average Bonchev–Trinajstić information content (AvgIpc) is 2.83. The SMILES string of the molecule is CCc1cc(NC(C)c2cccs2)ncn1. The number of aryl methyl sites for hydroxylation is 1. The lowest BCUT2D eigenvalue weighted by atomic mass is 10.2. The Morgan fingerprint density at radius 1 is 1.44 bits per heavy atom. The normalized spacial score (nSPS) is 12.4. The first kappa shape index (κ1) is 11.1. The highest BCUT2D eigenvalue weighted by molar-refractivity contribution is 7.10. The number of thiophene rings is 1. The minimum atomic E-state index is 0.291. The van der Waals surface area contributed by atoms with Crippen LogP contribution >= 0.6 is 11.3 Å². The van der Waals surface area contributed by atoms with Gasteiger partial charge in [0.05, 0.1) is 6.04 Å². The van der Waals surface area contributed by atoms with Gasteiger partial charge in [0.2, 0.25) is 0 Å². The van der Waals surface area contributed by atoms with Crippen LogP contribution in [0, 0.1) is 0 Å². The van der Waals surface area contributed by atoms with Gasteiger partial charge in [0.25, 0.3) is 0 Å². The van der Waals surface area contributed by atoms with Crippen molar-refractivity contribution in [2.45, 2.75) is 26.3 Å². The van der Waals surface area contributed by atoms with Crippen LogP contribution in [0.4, 0.5) is 5.82 Å². The summed E-state index contributed by atoms with van der Waals surface area (Å²) >= 11 is 1.75. The first-order valence-electron chi connectivity index (χ1n) is 5.40. The molecule has 0 aliphatic heterocycles. The van der Waals surface area contributed by atoms with E-state index >= 15 is 0 Å². The Kier molecular flexibility index (Phi) is 3.51. The molecule has 0 bridgehead atoms. The average molecular weight is 233 g/mol. The molecule has 2 aromatic heterocycles. The van der Waals surface area contributed by atoms with Crippen molar-refractivity contribution in [3.05, 3.63) is 40.5 Å². The molecule has 1 atom stereocenters. The van der Waals surface area contributed by atoms with Gasteiger partial charge in [0.1, 0.15) is 12.1 Å². The van der Waals surface area contributed by atoms with Crippen LogP contribution in [0.2, 0.25) is 0 Å². The Morgan fingerprint density at radius 2 is 2.31 bits per heavy atom.